The zero-order chi connectivity index (χ0) is 12.3. The van der Waals surface area contributed by atoms with Crippen LogP contribution in [-0.4, -0.2) is 19.8 Å². The van der Waals surface area contributed by atoms with Crippen LogP contribution >= 0.6 is 0 Å². The molecule has 18 heavy (non-hydrogen) atoms. The van der Waals surface area contributed by atoms with Crippen molar-refractivity contribution in [2.45, 2.75) is 18.3 Å². The van der Waals surface area contributed by atoms with Crippen molar-refractivity contribution in [3.63, 3.8) is 0 Å². The van der Waals surface area contributed by atoms with E-state index >= 15 is 0 Å². The molecule has 2 aliphatic carbocycles. The summed E-state index contributed by atoms with van der Waals surface area (Å²) in [6.07, 6.45) is 8.49. The molecule has 0 radical (unpaired) electrons. The van der Waals surface area contributed by atoms with Gasteiger partial charge in [0.25, 0.3) is 0 Å². The second-order valence-electron chi connectivity index (χ2n) is 4.85. The third-order valence-electron chi connectivity index (χ3n) is 3.94. The van der Waals surface area contributed by atoms with Crippen molar-refractivity contribution in [2.24, 2.45) is 0 Å². The molecule has 2 N–H and O–H groups in total. The smallest absolute Gasteiger partial charge is 0.202 e. The molecule has 4 nitrogen and oxygen atoms in total. The van der Waals surface area contributed by atoms with Crippen molar-refractivity contribution in [1.82, 2.24) is 9.55 Å². The summed E-state index contributed by atoms with van der Waals surface area (Å²) in [5.74, 6) is 0.814. The van der Waals surface area contributed by atoms with Crippen LogP contribution in [-0.2, 0) is 0 Å². The molecule has 2 aromatic rings. The standard InChI is InChI=1S/C14H12N2O2/c17-13-11-8-1-2-9(7-8)12(11)14(18)16(13)10-3-5-15-6-4-10/h1-6,8-9,17-18H,7H2. The molecule has 0 saturated carbocycles. The van der Waals surface area contributed by atoms with Crippen LogP contribution < -0.4 is 0 Å². The Morgan fingerprint density at radius 3 is 2.11 bits per heavy atom. The fourth-order valence-corrected chi connectivity index (χ4v) is 3.18. The van der Waals surface area contributed by atoms with Gasteiger partial charge < -0.3 is 10.2 Å². The van der Waals surface area contributed by atoms with Gasteiger partial charge in [0.05, 0.1) is 5.69 Å². The van der Waals surface area contributed by atoms with E-state index in [1.807, 2.05) is 0 Å². The lowest BCUT2D eigenvalue weighted by atomic mass is 10.0. The van der Waals surface area contributed by atoms with Crippen LogP contribution in [0.1, 0.15) is 29.4 Å². The van der Waals surface area contributed by atoms with Gasteiger partial charge in [0.15, 0.2) is 0 Å². The second-order valence-corrected chi connectivity index (χ2v) is 4.85. The van der Waals surface area contributed by atoms with Crippen LogP contribution in [0.4, 0.5) is 0 Å². The molecule has 0 fully saturated rings. The van der Waals surface area contributed by atoms with E-state index in [2.05, 4.69) is 17.1 Å². The van der Waals surface area contributed by atoms with Gasteiger partial charge in [-0.15, -0.1) is 0 Å². The van der Waals surface area contributed by atoms with E-state index in [4.69, 9.17) is 0 Å². The van der Waals surface area contributed by atoms with E-state index in [0.717, 1.165) is 23.2 Å². The molecule has 0 aliphatic heterocycles. The Morgan fingerprint density at radius 1 is 1.00 bits per heavy atom. The summed E-state index contributed by atoms with van der Waals surface area (Å²) in [6.45, 7) is 0. The van der Waals surface area contributed by atoms with E-state index in [-0.39, 0.29) is 23.6 Å². The number of hydrogen-bond acceptors (Lipinski definition) is 3. The molecule has 2 aromatic heterocycles. The molecule has 2 heterocycles. The average molecular weight is 240 g/mol. The lowest BCUT2D eigenvalue weighted by Gasteiger charge is -2.09. The molecule has 4 rings (SSSR count). The Bertz CT molecular complexity index is 623. The van der Waals surface area contributed by atoms with Crippen LogP contribution in [0.25, 0.3) is 5.69 Å². The molecule has 0 spiro atoms. The van der Waals surface area contributed by atoms with Crippen LogP contribution in [0, 0.1) is 0 Å². The predicted octanol–water partition coefficient (Wildman–Crippen LogP) is 2.42. The minimum atomic E-state index is 0.158. The maximum Gasteiger partial charge on any atom is 0.202 e. The van der Waals surface area contributed by atoms with Gasteiger partial charge in [-0.1, -0.05) is 12.2 Å². The van der Waals surface area contributed by atoms with Crippen molar-refractivity contribution in [3.05, 3.63) is 47.8 Å². The van der Waals surface area contributed by atoms with Gasteiger partial charge in [0.1, 0.15) is 0 Å². The number of fused-ring (bicyclic) bond motifs is 5. The molecule has 2 bridgehead atoms. The highest BCUT2D eigenvalue weighted by Gasteiger charge is 2.41. The molecule has 4 heteroatoms. The summed E-state index contributed by atoms with van der Waals surface area (Å²) >= 11 is 0. The molecule has 0 amide bonds. The fourth-order valence-electron chi connectivity index (χ4n) is 3.18. The third-order valence-corrected chi connectivity index (χ3v) is 3.94. The van der Waals surface area contributed by atoms with Crippen molar-refractivity contribution >= 4 is 0 Å². The highest BCUT2D eigenvalue weighted by atomic mass is 16.3. The number of allylic oxidation sites excluding steroid dienone is 2. The van der Waals surface area contributed by atoms with Crippen molar-refractivity contribution in [1.29, 1.82) is 0 Å². The van der Waals surface area contributed by atoms with Crippen molar-refractivity contribution in [2.75, 3.05) is 0 Å². The van der Waals surface area contributed by atoms with Crippen LogP contribution in [0.2, 0.25) is 0 Å². The first-order valence-electron chi connectivity index (χ1n) is 6.02. The zero-order valence-corrected chi connectivity index (χ0v) is 9.61. The lowest BCUT2D eigenvalue weighted by Crippen LogP contribution is -1.95. The number of pyridine rings is 1. The molecule has 0 saturated heterocycles. The van der Waals surface area contributed by atoms with E-state index < -0.39 is 0 Å². The lowest BCUT2D eigenvalue weighted by molar-refractivity contribution is 0.395. The summed E-state index contributed by atoms with van der Waals surface area (Å²) in [7, 11) is 0. The highest BCUT2D eigenvalue weighted by Crippen LogP contribution is 2.57. The first-order valence-corrected chi connectivity index (χ1v) is 6.02. The predicted molar refractivity (Wildman–Crippen MR) is 66.1 cm³/mol. The number of nitrogens with zero attached hydrogens (tertiary/aromatic N) is 2. The largest absolute Gasteiger partial charge is 0.494 e. The SMILES string of the molecule is Oc1c2c(c(O)n1-c1ccncc1)C1C=CC2C1. The Morgan fingerprint density at radius 2 is 1.56 bits per heavy atom. The summed E-state index contributed by atoms with van der Waals surface area (Å²) in [4.78, 5) is 3.95. The fraction of sp³-hybridized carbons (Fsp3) is 0.214. The maximum absolute atomic E-state index is 10.4. The van der Waals surface area contributed by atoms with E-state index in [1.54, 1.807) is 24.5 Å². The number of rotatable bonds is 1. The average Bonchev–Trinajstić information content (AvgIpc) is 3.05. The number of aromatic hydroxyl groups is 2. The van der Waals surface area contributed by atoms with E-state index in [0.29, 0.717) is 0 Å². The van der Waals surface area contributed by atoms with Crippen LogP contribution in [0.3, 0.4) is 0 Å². The quantitative estimate of drug-likeness (QED) is 0.752. The van der Waals surface area contributed by atoms with Crippen molar-refractivity contribution < 1.29 is 10.2 Å². The third kappa shape index (κ3) is 1.03. The second kappa shape index (κ2) is 3.16. The Kier molecular flexibility index (Phi) is 1.71. The van der Waals surface area contributed by atoms with Crippen LogP contribution in [0.5, 0.6) is 11.8 Å². The number of hydrogen-bond donors (Lipinski definition) is 2. The van der Waals surface area contributed by atoms with Gasteiger partial charge in [-0.25, -0.2) is 0 Å². The van der Waals surface area contributed by atoms with E-state index in [1.165, 1.54) is 4.57 Å². The molecule has 2 atom stereocenters. The summed E-state index contributed by atoms with van der Waals surface area (Å²) in [5.41, 5.74) is 2.50. The Labute approximate surface area is 104 Å². The molecular formula is C14H12N2O2. The maximum atomic E-state index is 10.4. The number of aromatic nitrogens is 2. The minimum absolute atomic E-state index is 0.158. The van der Waals surface area contributed by atoms with E-state index in [9.17, 15) is 10.2 Å². The van der Waals surface area contributed by atoms with Gasteiger partial charge in [0, 0.05) is 35.4 Å². The first-order chi connectivity index (χ1) is 8.77. The van der Waals surface area contributed by atoms with Gasteiger partial charge >= 0.3 is 0 Å². The molecule has 2 unspecified atom stereocenters. The first kappa shape index (κ1) is 9.76. The highest BCUT2D eigenvalue weighted by molar-refractivity contribution is 5.61. The normalized spacial score (nSPS) is 23.6. The summed E-state index contributed by atoms with van der Waals surface area (Å²) in [5, 5.41) is 20.7. The monoisotopic (exact) mass is 240 g/mol. The van der Waals surface area contributed by atoms with Gasteiger partial charge in [0.2, 0.25) is 11.8 Å². The minimum Gasteiger partial charge on any atom is -0.494 e. The molecule has 2 aliphatic rings. The van der Waals surface area contributed by atoms with Crippen molar-refractivity contribution in [3.8, 4) is 17.4 Å². The molecule has 90 valence electrons. The summed E-state index contributed by atoms with van der Waals surface area (Å²) in [6, 6.07) is 3.54. The van der Waals surface area contributed by atoms with Gasteiger partial charge in [-0.3, -0.25) is 9.55 Å². The van der Waals surface area contributed by atoms with Crippen LogP contribution in [0.15, 0.2) is 36.7 Å². The summed E-state index contributed by atoms with van der Waals surface area (Å²) < 4.78 is 1.50. The van der Waals surface area contributed by atoms with Gasteiger partial charge in [-0.2, -0.15) is 0 Å². The Hall–Kier alpha value is -2.23. The topological polar surface area (TPSA) is 58.3 Å². The zero-order valence-electron chi connectivity index (χ0n) is 9.61. The Balaban J connectivity index is 1.98. The van der Waals surface area contributed by atoms with Gasteiger partial charge in [-0.05, 0) is 18.6 Å². The molecular weight excluding hydrogens is 228 g/mol. The molecule has 0 aromatic carbocycles.